The zero-order valence-electron chi connectivity index (χ0n) is 13.0. The van der Waals surface area contributed by atoms with E-state index >= 15 is 0 Å². The molecule has 112 valence electrons. The number of hydrogen-bond donors (Lipinski definition) is 1. The molecule has 0 aromatic carbocycles. The quantitative estimate of drug-likeness (QED) is 0.899. The average molecular weight is 278 g/mol. The molecule has 2 rings (SSSR count). The molecule has 1 aromatic rings. The van der Waals surface area contributed by atoms with Crippen LogP contribution in [-0.4, -0.2) is 31.9 Å². The lowest BCUT2D eigenvalue weighted by atomic mass is 9.73. The van der Waals surface area contributed by atoms with Crippen molar-refractivity contribution in [3.63, 3.8) is 0 Å². The second-order valence-electron chi connectivity index (χ2n) is 5.85. The lowest BCUT2D eigenvalue weighted by Crippen LogP contribution is -2.47. The van der Waals surface area contributed by atoms with Crippen LogP contribution in [0.3, 0.4) is 0 Å². The van der Waals surface area contributed by atoms with Crippen molar-refractivity contribution >= 4 is 0 Å². The van der Waals surface area contributed by atoms with Crippen LogP contribution in [0.25, 0.3) is 0 Å². The van der Waals surface area contributed by atoms with E-state index in [1.165, 1.54) is 12.8 Å². The molecule has 0 spiro atoms. The molecular formula is C16H26N2O2. The lowest BCUT2D eigenvalue weighted by Gasteiger charge is -2.44. The Balaban J connectivity index is 2.33. The van der Waals surface area contributed by atoms with E-state index in [9.17, 15) is 0 Å². The van der Waals surface area contributed by atoms with Gasteiger partial charge in [0, 0.05) is 13.3 Å². The molecule has 3 atom stereocenters. The summed E-state index contributed by atoms with van der Waals surface area (Å²) in [6.07, 6.45) is 8.30. The van der Waals surface area contributed by atoms with Gasteiger partial charge in [-0.25, -0.2) is 0 Å². The third-order valence-corrected chi connectivity index (χ3v) is 4.52. The average Bonchev–Trinajstić information content (AvgIpc) is 2.48. The van der Waals surface area contributed by atoms with Crippen molar-refractivity contribution in [1.82, 2.24) is 10.3 Å². The number of aromatic nitrogens is 1. The fourth-order valence-corrected chi connectivity index (χ4v) is 3.55. The smallest absolute Gasteiger partial charge is 0.137 e. The maximum Gasteiger partial charge on any atom is 0.137 e. The third-order valence-electron chi connectivity index (χ3n) is 4.52. The van der Waals surface area contributed by atoms with Crippen LogP contribution >= 0.6 is 0 Å². The van der Waals surface area contributed by atoms with Crippen LogP contribution in [0.15, 0.2) is 18.5 Å². The summed E-state index contributed by atoms with van der Waals surface area (Å²) in [6, 6.07) is 2.19. The van der Waals surface area contributed by atoms with E-state index < -0.39 is 0 Å². The summed E-state index contributed by atoms with van der Waals surface area (Å²) < 4.78 is 11.3. The van der Waals surface area contributed by atoms with Crippen molar-refractivity contribution in [3.05, 3.63) is 24.0 Å². The number of likely N-dealkylation sites (N-methyl/N-ethyl adjacent to an activating group) is 1. The van der Waals surface area contributed by atoms with E-state index in [4.69, 9.17) is 9.47 Å². The van der Waals surface area contributed by atoms with Gasteiger partial charge in [0.2, 0.25) is 0 Å². The molecule has 4 heteroatoms. The fourth-order valence-electron chi connectivity index (χ4n) is 3.55. The summed E-state index contributed by atoms with van der Waals surface area (Å²) in [5.74, 6) is 1.48. The Kier molecular flexibility index (Phi) is 5.00. The summed E-state index contributed by atoms with van der Waals surface area (Å²) >= 11 is 0. The highest BCUT2D eigenvalue weighted by molar-refractivity contribution is 5.28. The Labute approximate surface area is 121 Å². The minimum Gasteiger partial charge on any atom is -0.495 e. The van der Waals surface area contributed by atoms with Crippen molar-refractivity contribution in [2.45, 2.75) is 44.2 Å². The number of hydrogen-bond acceptors (Lipinski definition) is 4. The van der Waals surface area contributed by atoms with Crippen molar-refractivity contribution in [1.29, 1.82) is 0 Å². The van der Waals surface area contributed by atoms with E-state index in [1.807, 2.05) is 26.4 Å². The largest absolute Gasteiger partial charge is 0.495 e. The van der Waals surface area contributed by atoms with Crippen LogP contribution < -0.4 is 10.1 Å². The Morgan fingerprint density at radius 1 is 1.40 bits per heavy atom. The summed E-state index contributed by atoms with van der Waals surface area (Å²) in [7, 11) is 5.49. The molecule has 1 aliphatic carbocycles. The predicted octanol–water partition coefficient (Wildman–Crippen LogP) is 2.95. The van der Waals surface area contributed by atoms with Crippen molar-refractivity contribution in [3.8, 4) is 5.75 Å². The first kappa shape index (κ1) is 15.3. The first-order valence-electron chi connectivity index (χ1n) is 7.36. The first-order chi connectivity index (χ1) is 9.65. The molecule has 3 unspecified atom stereocenters. The van der Waals surface area contributed by atoms with Crippen LogP contribution in [0.4, 0.5) is 0 Å². The summed E-state index contributed by atoms with van der Waals surface area (Å²) in [5.41, 5.74) is 0.975. The van der Waals surface area contributed by atoms with Crippen LogP contribution in [0.1, 0.15) is 44.2 Å². The standard InChI is InChI=1S/C16H26N2O2/c1-12-6-5-7-16(9-12,20-4)15(17-2)13-8-14(19-3)11-18-10-13/h8,10-12,15,17H,5-7,9H2,1-4H3. The second-order valence-corrected chi connectivity index (χ2v) is 5.85. The van der Waals surface area contributed by atoms with Crippen molar-refractivity contribution in [2.75, 3.05) is 21.3 Å². The molecule has 20 heavy (non-hydrogen) atoms. The van der Waals surface area contributed by atoms with Crippen LogP contribution in [-0.2, 0) is 4.74 Å². The van der Waals surface area contributed by atoms with Crippen LogP contribution in [0, 0.1) is 5.92 Å². The van der Waals surface area contributed by atoms with Crippen LogP contribution in [0.5, 0.6) is 5.75 Å². The number of rotatable bonds is 5. The molecule has 0 saturated heterocycles. The molecule has 1 aromatic heterocycles. The number of methoxy groups -OCH3 is 2. The molecule has 1 heterocycles. The summed E-state index contributed by atoms with van der Waals surface area (Å²) in [5, 5.41) is 3.43. The molecule has 0 amide bonds. The van der Waals surface area contributed by atoms with Crippen molar-refractivity contribution < 1.29 is 9.47 Å². The van der Waals surface area contributed by atoms with Gasteiger partial charge in [0.05, 0.1) is 24.9 Å². The topological polar surface area (TPSA) is 43.4 Å². The van der Waals surface area contributed by atoms with Gasteiger partial charge in [0.15, 0.2) is 0 Å². The molecule has 0 bridgehead atoms. The maximum absolute atomic E-state index is 6.00. The lowest BCUT2D eigenvalue weighted by molar-refractivity contribution is -0.0791. The van der Waals surface area contributed by atoms with Gasteiger partial charge >= 0.3 is 0 Å². The van der Waals surface area contributed by atoms with Gasteiger partial charge in [-0.05, 0) is 37.4 Å². The predicted molar refractivity (Wildman–Crippen MR) is 80.0 cm³/mol. The molecule has 0 aliphatic heterocycles. The first-order valence-corrected chi connectivity index (χ1v) is 7.36. The maximum atomic E-state index is 6.00. The number of ether oxygens (including phenoxy) is 2. The zero-order chi connectivity index (χ0) is 14.6. The van der Waals surface area contributed by atoms with Crippen molar-refractivity contribution in [2.24, 2.45) is 5.92 Å². The normalized spacial score (nSPS) is 28.1. The Morgan fingerprint density at radius 3 is 2.80 bits per heavy atom. The van der Waals surface area contributed by atoms with Gasteiger partial charge in [0.1, 0.15) is 5.75 Å². The molecule has 0 radical (unpaired) electrons. The molecule has 1 saturated carbocycles. The van der Waals surface area contributed by atoms with Gasteiger partial charge in [-0.15, -0.1) is 0 Å². The number of nitrogens with one attached hydrogen (secondary N) is 1. The highest BCUT2D eigenvalue weighted by atomic mass is 16.5. The number of nitrogens with zero attached hydrogens (tertiary/aromatic N) is 1. The summed E-state index contributed by atoms with van der Waals surface area (Å²) in [6.45, 7) is 2.31. The molecule has 1 N–H and O–H groups in total. The summed E-state index contributed by atoms with van der Waals surface area (Å²) in [4.78, 5) is 4.28. The van der Waals surface area contributed by atoms with Gasteiger partial charge in [0.25, 0.3) is 0 Å². The van der Waals surface area contributed by atoms with Gasteiger partial charge in [-0.1, -0.05) is 19.8 Å². The highest BCUT2D eigenvalue weighted by Gasteiger charge is 2.42. The molecule has 1 fully saturated rings. The van der Waals surface area contributed by atoms with Gasteiger partial charge in [-0.2, -0.15) is 0 Å². The van der Waals surface area contributed by atoms with E-state index in [0.717, 1.165) is 24.2 Å². The Bertz CT molecular complexity index is 438. The van der Waals surface area contributed by atoms with E-state index in [1.54, 1.807) is 13.3 Å². The second kappa shape index (κ2) is 6.55. The minimum absolute atomic E-state index is 0.137. The monoisotopic (exact) mass is 278 g/mol. The third kappa shape index (κ3) is 2.96. The fraction of sp³-hybridized carbons (Fsp3) is 0.688. The Morgan fingerprint density at radius 2 is 2.20 bits per heavy atom. The molecule has 4 nitrogen and oxygen atoms in total. The molecule has 1 aliphatic rings. The van der Waals surface area contributed by atoms with E-state index in [2.05, 4.69) is 17.2 Å². The van der Waals surface area contributed by atoms with Gasteiger partial charge < -0.3 is 14.8 Å². The highest BCUT2D eigenvalue weighted by Crippen LogP contribution is 2.43. The van der Waals surface area contributed by atoms with Crippen LogP contribution in [0.2, 0.25) is 0 Å². The van der Waals surface area contributed by atoms with Gasteiger partial charge in [-0.3, -0.25) is 4.98 Å². The van der Waals surface area contributed by atoms with E-state index in [0.29, 0.717) is 5.92 Å². The molecular weight excluding hydrogens is 252 g/mol. The zero-order valence-corrected chi connectivity index (χ0v) is 13.0. The minimum atomic E-state index is -0.152. The van der Waals surface area contributed by atoms with E-state index in [-0.39, 0.29) is 11.6 Å². The Hall–Kier alpha value is -1.13. The SMILES string of the molecule is CNC(c1cncc(OC)c1)C1(OC)CCCC(C)C1. The number of pyridine rings is 1.